The smallest absolute Gasteiger partial charge is 0.00615 e. The minimum absolute atomic E-state index is 0.514. The van der Waals surface area contributed by atoms with Crippen molar-refractivity contribution in [3.05, 3.63) is 25.3 Å². The third kappa shape index (κ3) is 2.21. The van der Waals surface area contributed by atoms with Crippen LogP contribution in [-0.2, 0) is 0 Å². The maximum atomic E-state index is 3.63. The lowest BCUT2D eigenvalue weighted by atomic mass is 10.1. The fraction of sp³-hybridized carbons (Fsp3) is 0.429. The van der Waals surface area contributed by atoms with Gasteiger partial charge in [-0.3, -0.25) is 0 Å². The van der Waals surface area contributed by atoms with Crippen molar-refractivity contribution in [3.8, 4) is 0 Å². The Morgan fingerprint density at radius 2 is 1.86 bits per heavy atom. The summed E-state index contributed by atoms with van der Waals surface area (Å²) in [6.45, 7) is 9.38. The van der Waals surface area contributed by atoms with Gasteiger partial charge in [0.25, 0.3) is 0 Å². The summed E-state index contributed by atoms with van der Waals surface area (Å²) in [6, 6.07) is 0. The molecule has 0 bridgehead atoms. The van der Waals surface area contributed by atoms with E-state index in [1.54, 1.807) is 0 Å². The van der Waals surface area contributed by atoms with Crippen LogP contribution in [0.5, 0.6) is 0 Å². The molecular weight excluding hydrogens is 84.1 g/mol. The maximum absolute atomic E-state index is 3.63. The standard InChI is InChI=1S/C7H12/c1-4-7(5-2)6-3/h4-5,7H,1-2,6H2,3H3. The van der Waals surface area contributed by atoms with Gasteiger partial charge in [0.15, 0.2) is 0 Å². The first kappa shape index (κ1) is 6.48. The van der Waals surface area contributed by atoms with Crippen LogP contribution in [0.25, 0.3) is 0 Å². The molecule has 7 heavy (non-hydrogen) atoms. The minimum atomic E-state index is 0.514. The highest BCUT2D eigenvalue weighted by molar-refractivity contribution is 4.90. The van der Waals surface area contributed by atoms with Crippen LogP contribution >= 0.6 is 0 Å². The molecule has 0 nitrogen and oxygen atoms in total. The van der Waals surface area contributed by atoms with Gasteiger partial charge in [0.1, 0.15) is 0 Å². The quantitative estimate of drug-likeness (QED) is 0.473. The van der Waals surface area contributed by atoms with Crippen LogP contribution in [0.4, 0.5) is 0 Å². The van der Waals surface area contributed by atoms with Gasteiger partial charge in [-0.2, -0.15) is 0 Å². The van der Waals surface area contributed by atoms with Gasteiger partial charge < -0.3 is 0 Å². The second kappa shape index (κ2) is 3.66. The van der Waals surface area contributed by atoms with E-state index >= 15 is 0 Å². The molecule has 0 aliphatic carbocycles. The molecule has 0 spiro atoms. The van der Waals surface area contributed by atoms with Crippen molar-refractivity contribution in [1.82, 2.24) is 0 Å². The molecule has 0 atom stereocenters. The molecule has 0 unspecified atom stereocenters. The Balaban J connectivity index is 3.36. The zero-order valence-corrected chi connectivity index (χ0v) is 4.85. The minimum Gasteiger partial charge on any atom is -0.102 e. The lowest BCUT2D eigenvalue weighted by Gasteiger charge is -1.96. The van der Waals surface area contributed by atoms with Gasteiger partial charge in [-0.05, 0) is 12.3 Å². The molecule has 0 radical (unpaired) electrons. The van der Waals surface area contributed by atoms with Gasteiger partial charge in [-0.1, -0.05) is 19.1 Å². The third-order valence-electron chi connectivity index (χ3n) is 1.08. The van der Waals surface area contributed by atoms with Crippen molar-refractivity contribution in [2.45, 2.75) is 13.3 Å². The highest BCUT2D eigenvalue weighted by Crippen LogP contribution is 2.01. The average Bonchev–Trinajstić information content (AvgIpc) is 1.72. The van der Waals surface area contributed by atoms with Crippen LogP contribution in [0.3, 0.4) is 0 Å². The molecule has 0 rings (SSSR count). The molecule has 0 aliphatic rings. The van der Waals surface area contributed by atoms with Crippen molar-refractivity contribution >= 4 is 0 Å². The first-order chi connectivity index (χ1) is 3.35. The topological polar surface area (TPSA) is 0 Å². The predicted molar refractivity (Wildman–Crippen MR) is 34.2 cm³/mol. The lowest BCUT2D eigenvalue weighted by Crippen LogP contribution is -1.83. The zero-order chi connectivity index (χ0) is 5.70. The van der Waals surface area contributed by atoms with Crippen LogP contribution in [-0.4, -0.2) is 0 Å². The molecule has 40 valence electrons. The second-order valence-corrected chi connectivity index (χ2v) is 1.54. The van der Waals surface area contributed by atoms with Gasteiger partial charge in [-0.25, -0.2) is 0 Å². The number of allylic oxidation sites excluding steroid dienone is 2. The van der Waals surface area contributed by atoms with Crippen molar-refractivity contribution in [3.63, 3.8) is 0 Å². The lowest BCUT2D eigenvalue weighted by molar-refractivity contribution is 0.778. The van der Waals surface area contributed by atoms with Gasteiger partial charge in [0, 0.05) is 0 Å². The van der Waals surface area contributed by atoms with E-state index in [0.29, 0.717) is 5.92 Å². The van der Waals surface area contributed by atoms with Crippen LogP contribution in [0.1, 0.15) is 13.3 Å². The summed E-state index contributed by atoms with van der Waals surface area (Å²) >= 11 is 0. The normalized spacial score (nSPS) is 8.86. The van der Waals surface area contributed by atoms with E-state index in [1.165, 1.54) is 0 Å². The van der Waals surface area contributed by atoms with Crippen LogP contribution in [0, 0.1) is 5.92 Å². The molecule has 0 aromatic carbocycles. The molecule has 0 aromatic rings. The van der Waals surface area contributed by atoms with E-state index in [9.17, 15) is 0 Å². The number of hydrogen-bond acceptors (Lipinski definition) is 0. The summed E-state index contributed by atoms with van der Waals surface area (Å²) in [7, 11) is 0. The molecule has 0 amide bonds. The fourth-order valence-corrected chi connectivity index (χ4v) is 0.430. The predicted octanol–water partition coefficient (Wildman–Crippen LogP) is 2.38. The van der Waals surface area contributed by atoms with Crippen molar-refractivity contribution in [2.24, 2.45) is 5.92 Å². The molecule has 0 saturated carbocycles. The summed E-state index contributed by atoms with van der Waals surface area (Å²) in [4.78, 5) is 0. The summed E-state index contributed by atoms with van der Waals surface area (Å²) in [5.74, 6) is 0.514. The van der Waals surface area contributed by atoms with E-state index in [0.717, 1.165) is 6.42 Å². The Kier molecular flexibility index (Phi) is 3.39. The molecule has 0 saturated heterocycles. The summed E-state index contributed by atoms with van der Waals surface area (Å²) in [6.07, 6.45) is 4.94. The van der Waals surface area contributed by atoms with Crippen LogP contribution in [0.2, 0.25) is 0 Å². The maximum Gasteiger partial charge on any atom is -0.00615 e. The van der Waals surface area contributed by atoms with Gasteiger partial charge in [0.2, 0.25) is 0 Å². The van der Waals surface area contributed by atoms with E-state index in [-0.39, 0.29) is 0 Å². The molecular formula is C7H12. The first-order valence-electron chi connectivity index (χ1n) is 2.60. The molecule has 0 heteroatoms. The third-order valence-corrected chi connectivity index (χ3v) is 1.08. The van der Waals surface area contributed by atoms with Gasteiger partial charge in [0.05, 0.1) is 0 Å². The Morgan fingerprint density at radius 1 is 1.43 bits per heavy atom. The molecule has 0 heterocycles. The Morgan fingerprint density at radius 3 is 1.86 bits per heavy atom. The van der Waals surface area contributed by atoms with E-state index in [1.807, 2.05) is 12.2 Å². The summed E-state index contributed by atoms with van der Waals surface area (Å²) in [5, 5.41) is 0. The highest BCUT2D eigenvalue weighted by Gasteiger charge is 1.88. The van der Waals surface area contributed by atoms with E-state index in [4.69, 9.17) is 0 Å². The first-order valence-corrected chi connectivity index (χ1v) is 2.60. The second-order valence-electron chi connectivity index (χ2n) is 1.54. The van der Waals surface area contributed by atoms with Crippen LogP contribution in [0.15, 0.2) is 25.3 Å². The summed E-state index contributed by atoms with van der Waals surface area (Å²) in [5.41, 5.74) is 0. The highest BCUT2D eigenvalue weighted by atomic mass is 13.9. The van der Waals surface area contributed by atoms with Gasteiger partial charge >= 0.3 is 0 Å². The Hall–Kier alpha value is -0.520. The van der Waals surface area contributed by atoms with Gasteiger partial charge in [-0.15, -0.1) is 13.2 Å². The largest absolute Gasteiger partial charge is 0.102 e. The number of rotatable bonds is 3. The van der Waals surface area contributed by atoms with Crippen molar-refractivity contribution in [2.75, 3.05) is 0 Å². The van der Waals surface area contributed by atoms with Crippen LogP contribution < -0.4 is 0 Å². The fourth-order valence-electron chi connectivity index (χ4n) is 0.430. The SMILES string of the molecule is C=CC(C=C)CC. The molecule has 0 N–H and O–H groups in total. The van der Waals surface area contributed by atoms with E-state index < -0.39 is 0 Å². The van der Waals surface area contributed by atoms with Crippen molar-refractivity contribution < 1.29 is 0 Å². The Bertz CT molecular complexity index is 54.4. The monoisotopic (exact) mass is 96.1 g/mol. The molecule has 0 aliphatic heterocycles. The zero-order valence-electron chi connectivity index (χ0n) is 4.85. The summed E-state index contributed by atoms with van der Waals surface area (Å²) < 4.78 is 0. The Labute approximate surface area is 45.5 Å². The number of hydrogen-bond donors (Lipinski definition) is 0. The molecule has 0 fully saturated rings. The van der Waals surface area contributed by atoms with Crippen molar-refractivity contribution in [1.29, 1.82) is 0 Å². The molecule has 0 aromatic heterocycles. The van der Waals surface area contributed by atoms with E-state index in [2.05, 4.69) is 20.1 Å². The average molecular weight is 96.2 g/mol.